The van der Waals surface area contributed by atoms with Gasteiger partial charge in [0, 0.05) is 12.4 Å². The van der Waals surface area contributed by atoms with Crippen molar-refractivity contribution in [3.05, 3.63) is 18.1 Å². The highest BCUT2D eigenvalue weighted by Crippen LogP contribution is 2.13. The second kappa shape index (κ2) is 4.81. The van der Waals surface area contributed by atoms with Crippen molar-refractivity contribution in [2.45, 2.75) is 6.54 Å². The van der Waals surface area contributed by atoms with Gasteiger partial charge in [0.2, 0.25) is 0 Å². The third-order valence-electron chi connectivity index (χ3n) is 1.93. The van der Waals surface area contributed by atoms with E-state index < -0.39 is 0 Å². The molecule has 0 fully saturated rings. The maximum Gasteiger partial charge on any atom is 0.155 e. The monoisotopic (exact) mass is 208 g/mol. The molecule has 0 saturated carbocycles. The van der Waals surface area contributed by atoms with E-state index in [1.165, 1.54) is 0 Å². The highest BCUT2D eigenvalue weighted by atomic mass is 16.5. The summed E-state index contributed by atoms with van der Waals surface area (Å²) in [7, 11) is 0. The fourth-order valence-corrected chi connectivity index (χ4v) is 1.25. The van der Waals surface area contributed by atoms with Crippen LogP contribution in [0.15, 0.2) is 17.4 Å². The Morgan fingerprint density at radius 1 is 1.40 bits per heavy atom. The molecular formula is C9H12N4O2. The first-order valence-corrected chi connectivity index (χ1v) is 4.69. The van der Waals surface area contributed by atoms with Crippen LogP contribution in [-0.4, -0.2) is 40.7 Å². The summed E-state index contributed by atoms with van der Waals surface area (Å²) in [5, 5.41) is 11.6. The molecule has 1 aromatic heterocycles. The molecule has 2 heterocycles. The summed E-state index contributed by atoms with van der Waals surface area (Å²) in [6.07, 6.45) is 3.27. The van der Waals surface area contributed by atoms with Crippen molar-refractivity contribution in [3.63, 3.8) is 0 Å². The van der Waals surface area contributed by atoms with Crippen LogP contribution in [0.2, 0.25) is 0 Å². The Morgan fingerprint density at radius 2 is 2.27 bits per heavy atom. The molecule has 1 aliphatic heterocycles. The fraction of sp³-hybridized carbons (Fsp3) is 0.444. The molecule has 80 valence electrons. The van der Waals surface area contributed by atoms with E-state index >= 15 is 0 Å². The Balaban J connectivity index is 1.94. The van der Waals surface area contributed by atoms with Crippen molar-refractivity contribution in [1.29, 1.82) is 0 Å². The SMILES string of the molecule is OCCOCC1=NCc2nccnc2N1. The van der Waals surface area contributed by atoms with Gasteiger partial charge in [-0.25, -0.2) is 4.98 Å². The zero-order valence-corrected chi connectivity index (χ0v) is 8.18. The van der Waals surface area contributed by atoms with Gasteiger partial charge in [0.05, 0.1) is 19.8 Å². The third kappa shape index (κ3) is 2.48. The number of nitrogens with zero attached hydrogens (tertiary/aromatic N) is 3. The number of nitrogens with one attached hydrogen (secondary N) is 1. The smallest absolute Gasteiger partial charge is 0.155 e. The predicted molar refractivity (Wildman–Crippen MR) is 54.7 cm³/mol. The quantitative estimate of drug-likeness (QED) is 0.670. The lowest BCUT2D eigenvalue weighted by molar-refractivity contribution is 0.118. The minimum atomic E-state index is 0.0175. The second-order valence-corrected chi connectivity index (χ2v) is 3.02. The minimum absolute atomic E-state index is 0.0175. The van der Waals surface area contributed by atoms with Crippen molar-refractivity contribution < 1.29 is 9.84 Å². The van der Waals surface area contributed by atoms with Crippen molar-refractivity contribution in [2.75, 3.05) is 25.1 Å². The lowest BCUT2D eigenvalue weighted by Gasteiger charge is -2.15. The van der Waals surface area contributed by atoms with E-state index in [1.54, 1.807) is 12.4 Å². The standard InChI is InChI=1S/C9H12N4O2/c14-3-4-15-6-8-12-5-7-9(13-8)11-2-1-10-7/h1-2,14H,3-6H2,(H,11,12,13). The molecule has 1 aliphatic rings. The molecule has 6 nitrogen and oxygen atoms in total. The number of aliphatic hydroxyl groups is 1. The summed E-state index contributed by atoms with van der Waals surface area (Å²) in [5.74, 6) is 1.45. The molecule has 0 spiro atoms. The van der Waals surface area contributed by atoms with Crippen molar-refractivity contribution >= 4 is 11.7 Å². The van der Waals surface area contributed by atoms with Crippen molar-refractivity contribution in [2.24, 2.45) is 4.99 Å². The Hall–Kier alpha value is -1.53. The summed E-state index contributed by atoms with van der Waals surface area (Å²) in [5.41, 5.74) is 0.836. The average molecular weight is 208 g/mol. The summed E-state index contributed by atoms with van der Waals surface area (Å²) in [4.78, 5) is 12.5. The van der Waals surface area contributed by atoms with Crippen LogP contribution in [0.25, 0.3) is 0 Å². The number of anilines is 1. The molecule has 0 aromatic carbocycles. The zero-order valence-electron chi connectivity index (χ0n) is 8.18. The molecule has 0 unspecified atom stereocenters. The molecule has 2 rings (SSSR count). The molecule has 6 heteroatoms. The summed E-state index contributed by atoms with van der Waals surface area (Å²) < 4.78 is 5.15. The first-order valence-electron chi connectivity index (χ1n) is 4.69. The summed E-state index contributed by atoms with van der Waals surface area (Å²) in [6.45, 7) is 1.21. The molecule has 2 N–H and O–H groups in total. The number of ether oxygens (including phenoxy) is 1. The molecule has 0 saturated heterocycles. The Labute approximate surface area is 87.0 Å². The van der Waals surface area contributed by atoms with Crippen LogP contribution in [0, 0.1) is 0 Å². The van der Waals surface area contributed by atoms with Crippen LogP contribution in [-0.2, 0) is 11.3 Å². The number of aromatic nitrogens is 2. The highest BCUT2D eigenvalue weighted by molar-refractivity contribution is 5.97. The molecule has 1 aromatic rings. The first kappa shape index (κ1) is 10.0. The van der Waals surface area contributed by atoms with E-state index in [-0.39, 0.29) is 6.61 Å². The fourth-order valence-electron chi connectivity index (χ4n) is 1.25. The third-order valence-corrected chi connectivity index (χ3v) is 1.93. The zero-order chi connectivity index (χ0) is 10.5. The Morgan fingerprint density at radius 3 is 3.13 bits per heavy atom. The Kier molecular flexibility index (Phi) is 3.21. The predicted octanol–water partition coefficient (Wildman–Crippen LogP) is -0.191. The van der Waals surface area contributed by atoms with Gasteiger partial charge in [-0.15, -0.1) is 0 Å². The van der Waals surface area contributed by atoms with Crippen LogP contribution in [0.5, 0.6) is 0 Å². The molecule has 0 radical (unpaired) electrons. The first-order chi connectivity index (χ1) is 7.40. The molecule has 0 aliphatic carbocycles. The van der Waals surface area contributed by atoms with E-state index in [1.807, 2.05) is 0 Å². The number of amidine groups is 1. The maximum absolute atomic E-state index is 8.55. The number of fused-ring (bicyclic) bond motifs is 1. The largest absolute Gasteiger partial charge is 0.394 e. The number of aliphatic imine (C=N–C) groups is 1. The Bertz CT molecular complexity index is 367. The summed E-state index contributed by atoms with van der Waals surface area (Å²) >= 11 is 0. The molecule has 15 heavy (non-hydrogen) atoms. The van der Waals surface area contributed by atoms with Crippen LogP contribution in [0.3, 0.4) is 0 Å². The van der Waals surface area contributed by atoms with Gasteiger partial charge in [-0.1, -0.05) is 0 Å². The molecule has 0 bridgehead atoms. The maximum atomic E-state index is 8.55. The van der Waals surface area contributed by atoms with Gasteiger partial charge in [-0.2, -0.15) is 0 Å². The lowest BCUT2D eigenvalue weighted by atomic mass is 10.3. The van der Waals surface area contributed by atoms with Gasteiger partial charge in [0.1, 0.15) is 18.1 Å². The van der Waals surface area contributed by atoms with E-state index in [2.05, 4.69) is 20.3 Å². The van der Waals surface area contributed by atoms with Crippen LogP contribution < -0.4 is 5.32 Å². The lowest BCUT2D eigenvalue weighted by Crippen LogP contribution is -2.25. The van der Waals surface area contributed by atoms with Crippen LogP contribution in [0.1, 0.15) is 5.69 Å². The van der Waals surface area contributed by atoms with E-state index in [0.29, 0.717) is 19.8 Å². The second-order valence-electron chi connectivity index (χ2n) is 3.02. The van der Waals surface area contributed by atoms with Crippen LogP contribution >= 0.6 is 0 Å². The van der Waals surface area contributed by atoms with Crippen molar-refractivity contribution in [3.8, 4) is 0 Å². The van der Waals surface area contributed by atoms with E-state index in [0.717, 1.165) is 17.3 Å². The van der Waals surface area contributed by atoms with Gasteiger partial charge >= 0.3 is 0 Å². The molecule has 0 amide bonds. The minimum Gasteiger partial charge on any atom is -0.394 e. The topological polar surface area (TPSA) is 79.6 Å². The highest BCUT2D eigenvalue weighted by Gasteiger charge is 2.12. The average Bonchev–Trinajstić information content (AvgIpc) is 2.29. The number of hydrogen-bond donors (Lipinski definition) is 2. The van der Waals surface area contributed by atoms with Crippen LogP contribution in [0.4, 0.5) is 5.82 Å². The normalized spacial score (nSPS) is 14.1. The number of hydrogen-bond acceptors (Lipinski definition) is 6. The number of rotatable bonds is 4. The van der Waals surface area contributed by atoms with Gasteiger partial charge in [-0.3, -0.25) is 9.98 Å². The van der Waals surface area contributed by atoms with Gasteiger partial charge in [-0.05, 0) is 0 Å². The van der Waals surface area contributed by atoms with E-state index in [9.17, 15) is 0 Å². The van der Waals surface area contributed by atoms with Gasteiger partial charge in [0.15, 0.2) is 5.82 Å². The van der Waals surface area contributed by atoms with Gasteiger partial charge in [0.25, 0.3) is 0 Å². The summed E-state index contributed by atoms with van der Waals surface area (Å²) in [6, 6.07) is 0. The molecular weight excluding hydrogens is 196 g/mol. The van der Waals surface area contributed by atoms with Gasteiger partial charge < -0.3 is 15.2 Å². The van der Waals surface area contributed by atoms with Crippen molar-refractivity contribution in [1.82, 2.24) is 9.97 Å². The number of aliphatic hydroxyl groups excluding tert-OH is 1. The molecule has 0 atom stereocenters. The van der Waals surface area contributed by atoms with E-state index in [4.69, 9.17) is 9.84 Å².